The maximum absolute atomic E-state index is 14.1. The van der Waals surface area contributed by atoms with Crippen LogP contribution in [-0.2, 0) is 11.3 Å². The molecule has 22 heavy (non-hydrogen) atoms. The third-order valence-electron chi connectivity index (χ3n) is 4.17. The molecule has 0 aromatic heterocycles. The van der Waals surface area contributed by atoms with E-state index >= 15 is 0 Å². The second kappa shape index (κ2) is 7.54. The molecule has 4 nitrogen and oxygen atoms in total. The van der Waals surface area contributed by atoms with E-state index in [1.807, 2.05) is 4.90 Å². The summed E-state index contributed by atoms with van der Waals surface area (Å²) >= 11 is 0. The van der Waals surface area contributed by atoms with Gasteiger partial charge in [-0.25, -0.2) is 8.78 Å². The predicted octanol–water partition coefficient (Wildman–Crippen LogP) is 3.19. The molecule has 1 aliphatic heterocycles. The molecule has 1 fully saturated rings. The zero-order valence-corrected chi connectivity index (χ0v) is 12.6. The predicted molar refractivity (Wildman–Crippen MR) is 77.8 cm³/mol. The number of carboxylic acids is 1. The van der Waals surface area contributed by atoms with Crippen molar-refractivity contribution >= 4 is 5.97 Å². The molecule has 6 heteroatoms. The van der Waals surface area contributed by atoms with Crippen LogP contribution in [0.15, 0.2) is 12.1 Å². The average Bonchev–Trinajstić information content (AvgIpc) is 2.51. The third kappa shape index (κ3) is 3.94. The average molecular weight is 313 g/mol. The molecule has 0 amide bonds. The van der Waals surface area contributed by atoms with E-state index < -0.39 is 17.6 Å². The number of nitrogens with zero attached hydrogens (tertiary/aromatic N) is 1. The number of aliphatic carboxylic acids is 1. The molecule has 0 saturated carbocycles. The molecule has 1 N–H and O–H groups in total. The molecular weight excluding hydrogens is 292 g/mol. The highest BCUT2D eigenvalue weighted by molar-refractivity contribution is 5.66. The van der Waals surface area contributed by atoms with Gasteiger partial charge in [0.15, 0.2) is 11.6 Å². The fourth-order valence-electron chi connectivity index (χ4n) is 3.00. The molecule has 1 aliphatic rings. The molecule has 1 heterocycles. The number of ether oxygens (including phenoxy) is 1. The maximum Gasteiger partial charge on any atom is 0.303 e. The number of hydrogen-bond acceptors (Lipinski definition) is 3. The summed E-state index contributed by atoms with van der Waals surface area (Å²) in [6.45, 7) is 0.987. The van der Waals surface area contributed by atoms with Gasteiger partial charge in [-0.1, -0.05) is 6.42 Å². The van der Waals surface area contributed by atoms with Crippen LogP contribution in [0.4, 0.5) is 8.78 Å². The smallest absolute Gasteiger partial charge is 0.303 e. The lowest BCUT2D eigenvalue weighted by Gasteiger charge is -2.36. The van der Waals surface area contributed by atoms with E-state index in [4.69, 9.17) is 9.84 Å². The minimum absolute atomic E-state index is 0.0808. The number of carboxylic acid groups (broad SMARTS) is 1. The fourth-order valence-corrected chi connectivity index (χ4v) is 3.00. The van der Waals surface area contributed by atoms with Gasteiger partial charge >= 0.3 is 5.97 Å². The first-order chi connectivity index (χ1) is 10.5. The summed E-state index contributed by atoms with van der Waals surface area (Å²) in [4.78, 5) is 12.8. The highest BCUT2D eigenvalue weighted by Gasteiger charge is 2.26. The molecule has 2 rings (SSSR count). The first kappa shape index (κ1) is 16.7. The third-order valence-corrected chi connectivity index (χ3v) is 4.17. The second-order valence-electron chi connectivity index (χ2n) is 5.59. The quantitative estimate of drug-likeness (QED) is 0.876. The zero-order valence-electron chi connectivity index (χ0n) is 12.6. The lowest BCUT2D eigenvalue weighted by molar-refractivity contribution is -0.137. The molecule has 1 aromatic rings. The van der Waals surface area contributed by atoms with Crippen LogP contribution in [-0.4, -0.2) is 35.7 Å². The van der Waals surface area contributed by atoms with Crippen LogP contribution in [0.5, 0.6) is 5.75 Å². The molecule has 1 unspecified atom stereocenters. The van der Waals surface area contributed by atoms with Crippen molar-refractivity contribution in [1.82, 2.24) is 4.90 Å². The monoisotopic (exact) mass is 313 g/mol. The van der Waals surface area contributed by atoms with Crippen molar-refractivity contribution < 1.29 is 23.4 Å². The van der Waals surface area contributed by atoms with Crippen molar-refractivity contribution in [3.05, 3.63) is 29.3 Å². The van der Waals surface area contributed by atoms with Crippen LogP contribution in [0.25, 0.3) is 0 Å². The van der Waals surface area contributed by atoms with Crippen LogP contribution >= 0.6 is 0 Å². The minimum atomic E-state index is -0.894. The Kier molecular flexibility index (Phi) is 5.71. The normalized spacial score (nSPS) is 19.1. The summed E-state index contributed by atoms with van der Waals surface area (Å²) < 4.78 is 32.7. The van der Waals surface area contributed by atoms with Crippen LogP contribution in [0.2, 0.25) is 0 Å². The fraction of sp³-hybridized carbons (Fsp3) is 0.562. The summed E-state index contributed by atoms with van der Waals surface area (Å²) in [6.07, 6.45) is 3.50. The lowest BCUT2D eigenvalue weighted by atomic mass is 9.97. The Balaban J connectivity index is 2.16. The van der Waals surface area contributed by atoms with Gasteiger partial charge in [0.2, 0.25) is 0 Å². The van der Waals surface area contributed by atoms with Gasteiger partial charge in [-0.15, -0.1) is 0 Å². The molecule has 1 atom stereocenters. The van der Waals surface area contributed by atoms with E-state index in [-0.39, 0.29) is 24.6 Å². The Morgan fingerprint density at radius 1 is 1.41 bits per heavy atom. The number of carbonyl (C=O) groups is 1. The largest absolute Gasteiger partial charge is 0.496 e. The lowest BCUT2D eigenvalue weighted by Crippen LogP contribution is -2.39. The second-order valence-corrected chi connectivity index (χ2v) is 5.59. The van der Waals surface area contributed by atoms with Gasteiger partial charge in [-0.05, 0) is 37.9 Å². The van der Waals surface area contributed by atoms with Gasteiger partial charge < -0.3 is 9.84 Å². The maximum atomic E-state index is 14.1. The van der Waals surface area contributed by atoms with Gasteiger partial charge in [-0.3, -0.25) is 9.69 Å². The number of piperidine rings is 1. The van der Waals surface area contributed by atoms with Gasteiger partial charge in [0, 0.05) is 24.6 Å². The highest BCUT2D eigenvalue weighted by Crippen LogP contribution is 2.29. The molecule has 0 radical (unpaired) electrons. The summed E-state index contributed by atoms with van der Waals surface area (Å²) in [6, 6.07) is 2.55. The van der Waals surface area contributed by atoms with E-state index in [1.54, 1.807) is 0 Å². The van der Waals surface area contributed by atoms with Gasteiger partial charge in [-0.2, -0.15) is 0 Å². The topological polar surface area (TPSA) is 49.8 Å². The highest BCUT2D eigenvalue weighted by atomic mass is 19.2. The van der Waals surface area contributed by atoms with E-state index in [0.29, 0.717) is 12.2 Å². The van der Waals surface area contributed by atoms with E-state index in [2.05, 4.69) is 0 Å². The van der Waals surface area contributed by atoms with Crippen LogP contribution in [0.3, 0.4) is 0 Å². The summed E-state index contributed by atoms with van der Waals surface area (Å²) in [7, 11) is 1.42. The number of rotatable bonds is 6. The Morgan fingerprint density at radius 3 is 2.86 bits per heavy atom. The van der Waals surface area contributed by atoms with Crippen molar-refractivity contribution in [1.29, 1.82) is 0 Å². The minimum Gasteiger partial charge on any atom is -0.496 e. The summed E-state index contributed by atoms with van der Waals surface area (Å²) in [5.74, 6) is -2.29. The number of likely N-dealkylation sites (tertiary alicyclic amines) is 1. The Bertz CT molecular complexity index is 536. The van der Waals surface area contributed by atoms with Crippen LogP contribution < -0.4 is 4.74 Å². The number of benzene rings is 1. The number of halogens is 2. The van der Waals surface area contributed by atoms with Gasteiger partial charge in [0.1, 0.15) is 5.75 Å². The molecule has 0 aliphatic carbocycles. The zero-order chi connectivity index (χ0) is 16.1. The Labute approximate surface area is 128 Å². The standard InChI is InChI=1S/C16H21F2NO3/c1-22-14-7-6-13(17)16(18)12(14)10-19-9-3-2-4-11(19)5-8-15(20)21/h6-7,11H,2-5,8-10H2,1H3,(H,20,21). The van der Waals surface area contributed by atoms with E-state index in [0.717, 1.165) is 31.9 Å². The Morgan fingerprint density at radius 2 is 2.18 bits per heavy atom. The van der Waals surface area contributed by atoms with Crippen LogP contribution in [0, 0.1) is 11.6 Å². The first-order valence-corrected chi connectivity index (χ1v) is 7.49. The molecule has 1 aromatic carbocycles. The number of hydrogen-bond donors (Lipinski definition) is 1. The molecule has 0 spiro atoms. The van der Waals surface area contributed by atoms with Crippen molar-refractivity contribution in [3.63, 3.8) is 0 Å². The molecule has 122 valence electrons. The molecule has 0 bridgehead atoms. The summed E-state index contributed by atoms with van der Waals surface area (Å²) in [5, 5.41) is 8.83. The van der Waals surface area contributed by atoms with Crippen molar-refractivity contribution in [3.8, 4) is 5.75 Å². The summed E-state index contributed by atoms with van der Waals surface area (Å²) in [5.41, 5.74) is 0.199. The van der Waals surface area contributed by atoms with Gasteiger partial charge in [0.25, 0.3) is 0 Å². The Hall–Kier alpha value is -1.69. The van der Waals surface area contributed by atoms with Crippen molar-refractivity contribution in [2.45, 2.75) is 44.7 Å². The first-order valence-electron chi connectivity index (χ1n) is 7.49. The molecular formula is C16H21F2NO3. The van der Waals surface area contributed by atoms with E-state index in [1.165, 1.54) is 13.2 Å². The van der Waals surface area contributed by atoms with Crippen molar-refractivity contribution in [2.24, 2.45) is 0 Å². The van der Waals surface area contributed by atoms with E-state index in [9.17, 15) is 13.6 Å². The van der Waals surface area contributed by atoms with Crippen molar-refractivity contribution in [2.75, 3.05) is 13.7 Å². The SMILES string of the molecule is COc1ccc(F)c(F)c1CN1CCCCC1CCC(=O)O. The number of methoxy groups -OCH3 is 1. The van der Waals surface area contributed by atoms with Crippen LogP contribution in [0.1, 0.15) is 37.7 Å². The molecule has 1 saturated heterocycles. The van der Waals surface area contributed by atoms with Gasteiger partial charge in [0.05, 0.1) is 7.11 Å².